The molecule has 0 saturated carbocycles. The number of rotatable bonds is 7. The fourth-order valence-electron chi connectivity index (χ4n) is 3.08. The van der Waals surface area contributed by atoms with Crippen molar-refractivity contribution >= 4 is 17.7 Å². The Kier molecular flexibility index (Phi) is 7.68. The number of hydrogen-bond donors (Lipinski definition) is 2. The Morgan fingerprint density at radius 1 is 1.29 bits per heavy atom. The number of guanidine groups is 1. The third kappa shape index (κ3) is 5.68. The number of nitrogens with zero attached hydrogens (tertiary/aromatic N) is 2. The van der Waals surface area contributed by atoms with Crippen molar-refractivity contribution in [3.63, 3.8) is 0 Å². The summed E-state index contributed by atoms with van der Waals surface area (Å²) in [5.41, 5.74) is 0. The topological polar surface area (TPSA) is 48.9 Å². The molecule has 0 aromatic heterocycles. The van der Waals surface area contributed by atoms with E-state index in [0.717, 1.165) is 37.5 Å². The van der Waals surface area contributed by atoms with Crippen LogP contribution in [0.15, 0.2) is 4.99 Å². The lowest BCUT2D eigenvalue weighted by Gasteiger charge is -2.25. The van der Waals surface area contributed by atoms with Crippen LogP contribution in [0, 0.1) is 0 Å². The van der Waals surface area contributed by atoms with Gasteiger partial charge in [0.05, 0.1) is 6.61 Å². The average Bonchev–Trinajstić information content (AvgIpc) is 3.16. The molecule has 0 bridgehead atoms. The summed E-state index contributed by atoms with van der Waals surface area (Å²) in [6, 6.07) is 0.611. The number of aliphatic imine (C=N–C) groups is 1. The molecule has 0 aliphatic carbocycles. The van der Waals surface area contributed by atoms with Gasteiger partial charge < -0.3 is 15.4 Å². The number of methoxy groups -OCH3 is 1. The van der Waals surface area contributed by atoms with Crippen LogP contribution in [0.3, 0.4) is 0 Å². The van der Waals surface area contributed by atoms with Crippen molar-refractivity contribution in [1.29, 1.82) is 0 Å². The van der Waals surface area contributed by atoms with Crippen LogP contribution < -0.4 is 10.6 Å². The number of ether oxygens (including phenoxy) is 1. The van der Waals surface area contributed by atoms with Crippen LogP contribution in [0.2, 0.25) is 0 Å². The van der Waals surface area contributed by atoms with Crippen molar-refractivity contribution in [2.75, 3.05) is 52.7 Å². The van der Waals surface area contributed by atoms with Gasteiger partial charge in [-0.3, -0.25) is 9.89 Å². The molecule has 5 nitrogen and oxygen atoms in total. The molecule has 2 N–H and O–H groups in total. The number of nitrogens with one attached hydrogen (secondary N) is 2. The summed E-state index contributed by atoms with van der Waals surface area (Å²) >= 11 is 2.08. The highest BCUT2D eigenvalue weighted by Crippen LogP contribution is 2.25. The molecule has 2 heterocycles. The van der Waals surface area contributed by atoms with E-state index in [2.05, 4.69) is 32.3 Å². The molecule has 2 unspecified atom stereocenters. The van der Waals surface area contributed by atoms with Crippen molar-refractivity contribution in [1.82, 2.24) is 15.5 Å². The second-order valence-corrected chi connectivity index (χ2v) is 7.20. The maximum absolute atomic E-state index is 5.19. The lowest BCUT2D eigenvalue weighted by molar-refractivity contribution is 0.141. The Morgan fingerprint density at radius 3 is 2.86 bits per heavy atom. The van der Waals surface area contributed by atoms with E-state index in [1.54, 1.807) is 7.11 Å². The van der Waals surface area contributed by atoms with Gasteiger partial charge >= 0.3 is 0 Å². The molecule has 2 atom stereocenters. The summed E-state index contributed by atoms with van der Waals surface area (Å²) in [5.74, 6) is 2.26. The number of thioether (sulfide) groups is 1. The zero-order chi connectivity index (χ0) is 14.9. The summed E-state index contributed by atoms with van der Waals surface area (Å²) < 4.78 is 5.19. The molecular weight excluding hydrogens is 284 g/mol. The third-order valence-electron chi connectivity index (χ3n) is 4.33. The number of likely N-dealkylation sites (tertiary alicyclic amines) is 1. The first-order valence-corrected chi connectivity index (χ1v) is 9.17. The van der Waals surface area contributed by atoms with Gasteiger partial charge in [-0.15, -0.1) is 0 Å². The quantitative estimate of drug-likeness (QED) is 0.545. The first-order valence-electron chi connectivity index (χ1n) is 8.12. The SMILES string of the molecule is CN=C(NCC1CCCS1)NCC1CCCN1CCOC. The average molecular weight is 314 g/mol. The minimum Gasteiger partial charge on any atom is -0.383 e. The number of hydrogen-bond acceptors (Lipinski definition) is 4. The summed E-state index contributed by atoms with van der Waals surface area (Å²) in [6.45, 7) is 5.06. The zero-order valence-corrected chi connectivity index (χ0v) is 14.3. The van der Waals surface area contributed by atoms with E-state index >= 15 is 0 Å². The van der Waals surface area contributed by atoms with Gasteiger partial charge in [0.2, 0.25) is 0 Å². The molecule has 21 heavy (non-hydrogen) atoms. The Labute approximate surface area is 133 Å². The molecule has 2 aliphatic heterocycles. The second-order valence-electron chi connectivity index (χ2n) is 5.79. The van der Waals surface area contributed by atoms with Crippen LogP contribution in [-0.2, 0) is 4.74 Å². The lowest BCUT2D eigenvalue weighted by atomic mass is 10.2. The molecule has 0 aromatic carbocycles. The first-order chi connectivity index (χ1) is 10.3. The second kappa shape index (κ2) is 9.54. The lowest BCUT2D eigenvalue weighted by Crippen LogP contribution is -2.46. The van der Waals surface area contributed by atoms with Crippen molar-refractivity contribution in [3.05, 3.63) is 0 Å². The van der Waals surface area contributed by atoms with Gasteiger partial charge in [0.1, 0.15) is 0 Å². The summed E-state index contributed by atoms with van der Waals surface area (Å²) in [6.07, 6.45) is 5.26. The van der Waals surface area contributed by atoms with E-state index in [1.165, 1.54) is 38.0 Å². The first kappa shape index (κ1) is 16.9. The summed E-state index contributed by atoms with van der Waals surface area (Å²) in [4.78, 5) is 6.86. The fraction of sp³-hybridized carbons (Fsp3) is 0.933. The van der Waals surface area contributed by atoms with E-state index in [9.17, 15) is 0 Å². The molecule has 2 rings (SSSR count). The van der Waals surface area contributed by atoms with Gasteiger partial charge in [0, 0.05) is 45.1 Å². The third-order valence-corrected chi connectivity index (χ3v) is 5.73. The van der Waals surface area contributed by atoms with Crippen LogP contribution in [0.4, 0.5) is 0 Å². The van der Waals surface area contributed by atoms with Crippen LogP contribution in [-0.4, -0.2) is 74.8 Å². The minimum absolute atomic E-state index is 0.611. The summed E-state index contributed by atoms with van der Waals surface area (Å²) in [5, 5.41) is 7.71. The molecule has 2 saturated heterocycles. The maximum atomic E-state index is 5.19. The van der Waals surface area contributed by atoms with E-state index in [0.29, 0.717) is 6.04 Å². The van der Waals surface area contributed by atoms with Crippen LogP contribution in [0.5, 0.6) is 0 Å². The molecule has 0 amide bonds. The molecule has 0 aromatic rings. The van der Waals surface area contributed by atoms with E-state index in [1.807, 2.05) is 7.05 Å². The predicted octanol–water partition coefficient (Wildman–Crippen LogP) is 1.16. The highest BCUT2D eigenvalue weighted by atomic mass is 32.2. The molecule has 122 valence electrons. The standard InChI is InChI=1S/C15H30N4OS/c1-16-15(18-12-14-6-4-10-21-14)17-11-13-5-3-7-19(13)8-9-20-2/h13-14H,3-12H2,1-2H3,(H2,16,17,18). The molecule has 0 spiro atoms. The minimum atomic E-state index is 0.611. The van der Waals surface area contributed by atoms with E-state index in [4.69, 9.17) is 4.74 Å². The van der Waals surface area contributed by atoms with Gasteiger partial charge in [-0.1, -0.05) is 0 Å². The molecule has 6 heteroatoms. The molecule has 0 radical (unpaired) electrons. The molecule has 2 fully saturated rings. The smallest absolute Gasteiger partial charge is 0.191 e. The van der Waals surface area contributed by atoms with Crippen molar-refractivity contribution in [3.8, 4) is 0 Å². The van der Waals surface area contributed by atoms with Gasteiger partial charge in [-0.2, -0.15) is 11.8 Å². The van der Waals surface area contributed by atoms with Gasteiger partial charge in [-0.25, -0.2) is 0 Å². The van der Waals surface area contributed by atoms with Gasteiger partial charge in [0.25, 0.3) is 0 Å². The van der Waals surface area contributed by atoms with Crippen LogP contribution >= 0.6 is 11.8 Å². The highest BCUT2D eigenvalue weighted by molar-refractivity contribution is 8.00. The highest BCUT2D eigenvalue weighted by Gasteiger charge is 2.24. The van der Waals surface area contributed by atoms with Gasteiger partial charge in [0.15, 0.2) is 5.96 Å². The Bertz CT molecular complexity index is 321. The van der Waals surface area contributed by atoms with Gasteiger partial charge in [-0.05, 0) is 38.0 Å². The largest absolute Gasteiger partial charge is 0.383 e. The summed E-state index contributed by atoms with van der Waals surface area (Å²) in [7, 11) is 3.63. The van der Waals surface area contributed by atoms with Crippen molar-refractivity contribution in [2.24, 2.45) is 4.99 Å². The molecular formula is C15H30N4OS. The van der Waals surface area contributed by atoms with Crippen LogP contribution in [0.1, 0.15) is 25.7 Å². The Morgan fingerprint density at radius 2 is 2.14 bits per heavy atom. The Balaban J connectivity index is 1.66. The van der Waals surface area contributed by atoms with Crippen molar-refractivity contribution < 1.29 is 4.74 Å². The van der Waals surface area contributed by atoms with Crippen molar-refractivity contribution in [2.45, 2.75) is 37.0 Å². The predicted molar refractivity (Wildman–Crippen MR) is 91.3 cm³/mol. The van der Waals surface area contributed by atoms with E-state index < -0.39 is 0 Å². The zero-order valence-electron chi connectivity index (χ0n) is 13.4. The monoisotopic (exact) mass is 314 g/mol. The fourth-order valence-corrected chi connectivity index (χ4v) is 4.28. The molecule has 2 aliphatic rings. The van der Waals surface area contributed by atoms with E-state index in [-0.39, 0.29) is 0 Å². The van der Waals surface area contributed by atoms with Crippen LogP contribution in [0.25, 0.3) is 0 Å². The Hall–Kier alpha value is -0.460. The normalized spacial score (nSPS) is 27.2. The maximum Gasteiger partial charge on any atom is 0.191 e.